The number of thioether (sulfide) groups is 1. The first kappa shape index (κ1) is 20.2. The first-order chi connectivity index (χ1) is 12.7. The lowest BCUT2D eigenvalue weighted by atomic mass is 10.2. The average molecular weight is 393 g/mol. The van der Waals surface area contributed by atoms with Crippen LogP contribution in [0.3, 0.4) is 0 Å². The number of benzene rings is 2. The van der Waals surface area contributed by atoms with Gasteiger partial charge >= 0.3 is 0 Å². The van der Waals surface area contributed by atoms with Crippen LogP contribution in [0.15, 0.2) is 47.4 Å². The Morgan fingerprint density at radius 3 is 2.31 bits per heavy atom. The van der Waals surface area contributed by atoms with Crippen molar-refractivity contribution in [1.82, 2.24) is 5.32 Å². The first-order valence-corrected chi connectivity index (χ1v) is 9.59. The largest absolute Gasteiger partial charge is 0.497 e. The van der Waals surface area contributed by atoms with Crippen LogP contribution in [-0.4, -0.2) is 38.7 Å². The molecule has 2 rings (SSSR count). The van der Waals surface area contributed by atoms with Crippen molar-refractivity contribution >= 4 is 34.8 Å². The zero-order valence-electron chi connectivity index (χ0n) is 15.2. The summed E-state index contributed by atoms with van der Waals surface area (Å²) in [4.78, 5) is 1.23. The monoisotopic (exact) mass is 392 g/mol. The molecule has 0 aliphatic heterocycles. The second-order valence-electron chi connectivity index (χ2n) is 5.32. The Morgan fingerprint density at radius 2 is 1.65 bits per heavy atom. The number of thiocarbonyl (C=S) groups is 1. The van der Waals surface area contributed by atoms with Crippen molar-refractivity contribution in [3.63, 3.8) is 0 Å². The molecule has 2 N–H and O–H groups in total. The van der Waals surface area contributed by atoms with E-state index in [4.69, 9.17) is 26.4 Å². The third-order valence-electron chi connectivity index (χ3n) is 3.59. The summed E-state index contributed by atoms with van der Waals surface area (Å²) < 4.78 is 15.7. The van der Waals surface area contributed by atoms with Gasteiger partial charge in [-0.3, -0.25) is 0 Å². The molecule has 0 atom stereocenters. The maximum absolute atomic E-state index is 5.36. The minimum absolute atomic E-state index is 0.572. The Bertz CT molecular complexity index is 708. The molecule has 7 heteroatoms. The molecule has 140 valence electrons. The maximum atomic E-state index is 5.36. The van der Waals surface area contributed by atoms with E-state index in [-0.39, 0.29) is 0 Å². The third kappa shape index (κ3) is 6.31. The number of hydrogen-bond donors (Lipinski definition) is 2. The first-order valence-electron chi connectivity index (χ1n) is 8.20. The molecule has 0 saturated carbocycles. The molecule has 0 unspecified atom stereocenters. The quantitative estimate of drug-likeness (QED) is 0.377. The molecule has 0 fully saturated rings. The molecule has 26 heavy (non-hydrogen) atoms. The Hall–Kier alpha value is -2.12. The second kappa shape index (κ2) is 10.8. The van der Waals surface area contributed by atoms with Crippen LogP contribution < -0.4 is 24.8 Å². The fourth-order valence-corrected chi connectivity index (χ4v) is 3.27. The lowest BCUT2D eigenvalue weighted by molar-refractivity contribution is 0.395. The standard InChI is InChI=1S/C19H24N2O3S2/c1-22-14-5-8-16(9-6-14)26-12-4-11-20-19(25)21-17-10-7-15(23-2)13-18(17)24-3/h5-10,13H,4,11-12H2,1-3H3,(H2,20,21,25). The van der Waals surface area contributed by atoms with Gasteiger partial charge in [0.2, 0.25) is 0 Å². The number of methoxy groups -OCH3 is 3. The molecule has 0 spiro atoms. The number of nitrogens with one attached hydrogen (secondary N) is 2. The highest BCUT2D eigenvalue weighted by atomic mass is 32.2. The van der Waals surface area contributed by atoms with Gasteiger partial charge in [0, 0.05) is 17.5 Å². The minimum Gasteiger partial charge on any atom is -0.497 e. The molecule has 5 nitrogen and oxygen atoms in total. The number of rotatable bonds is 9. The van der Waals surface area contributed by atoms with Crippen LogP contribution in [0.1, 0.15) is 6.42 Å². The zero-order chi connectivity index (χ0) is 18.8. The molecular weight excluding hydrogens is 368 g/mol. The maximum Gasteiger partial charge on any atom is 0.170 e. The van der Waals surface area contributed by atoms with Gasteiger partial charge in [-0.2, -0.15) is 0 Å². The molecule has 0 radical (unpaired) electrons. The normalized spacial score (nSPS) is 10.1. The number of hydrogen-bond acceptors (Lipinski definition) is 5. The van der Waals surface area contributed by atoms with Crippen molar-refractivity contribution in [2.75, 3.05) is 38.9 Å². The van der Waals surface area contributed by atoms with Crippen LogP contribution in [0.5, 0.6) is 17.2 Å². The predicted molar refractivity (Wildman–Crippen MR) is 112 cm³/mol. The van der Waals surface area contributed by atoms with Gasteiger partial charge in [-0.25, -0.2) is 0 Å². The van der Waals surface area contributed by atoms with Gasteiger partial charge in [0.25, 0.3) is 0 Å². The van der Waals surface area contributed by atoms with Crippen LogP contribution in [0.25, 0.3) is 0 Å². The Morgan fingerprint density at radius 1 is 0.962 bits per heavy atom. The van der Waals surface area contributed by atoms with Gasteiger partial charge in [-0.15, -0.1) is 11.8 Å². The van der Waals surface area contributed by atoms with E-state index in [1.54, 1.807) is 21.3 Å². The van der Waals surface area contributed by atoms with E-state index in [1.165, 1.54) is 4.90 Å². The smallest absolute Gasteiger partial charge is 0.170 e. The minimum atomic E-state index is 0.572. The van der Waals surface area contributed by atoms with Gasteiger partial charge < -0.3 is 24.8 Å². The van der Waals surface area contributed by atoms with Crippen molar-refractivity contribution in [3.05, 3.63) is 42.5 Å². The van der Waals surface area contributed by atoms with E-state index < -0.39 is 0 Å². The van der Waals surface area contributed by atoms with Crippen molar-refractivity contribution < 1.29 is 14.2 Å². The van der Waals surface area contributed by atoms with E-state index in [0.29, 0.717) is 10.9 Å². The second-order valence-corrected chi connectivity index (χ2v) is 6.90. The molecule has 2 aromatic rings. The van der Waals surface area contributed by atoms with E-state index in [1.807, 2.05) is 42.1 Å². The van der Waals surface area contributed by atoms with E-state index in [9.17, 15) is 0 Å². The van der Waals surface area contributed by atoms with E-state index >= 15 is 0 Å². The van der Waals surface area contributed by atoms with Gasteiger partial charge in [-0.05, 0) is 60.8 Å². The van der Waals surface area contributed by atoms with Crippen molar-refractivity contribution in [1.29, 1.82) is 0 Å². The summed E-state index contributed by atoms with van der Waals surface area (Å²) in [6.45, 7) is 0.799. The molecular formula is C19H24N2O3S2. The third-order valence-corrected chi connectivity index (χ3v) is 4.94. The number of anilines is 1. The zero-order valence-corrected chi connectivity index (χ0v) is 16.8. The summed E-state index contributed by atoms with van der Waals surface area (Å²) in [7, 11) is 4.91. The molecule has 0 aliphatic carbocycles. The lowest BCUT2D eigenvalue weighted by Gasteiger charge is -2.14. The van der Waals surface area contributed by atoms with Crippen LogP contribution in [0, 0.1) is 0 Å². The van der Waals surface area contributed by atoms with Gasteiger partial charge in [-0.1, -0.05) is 0 Å². The molecule has 0 aliphatic rings. The van der Waals surface area contributed by atoms with Crippen molar-refractivity contribution in [2.24, 2.45) is 0 Å². The molecule has 0 heterocycles. The van der Waals surface area contributed by atoms with Gasteiger partial charge in [0.15, 0.2) is 5.11 Å². The highest BCUT2D eigenvalue weighted by Crippen LogP contribution is 2.28. The van der Waals surface area contributed by atoms with Crippen LogP contribution >= 0.6 is 24.0 Å². The molecule has 0 bridgehead atoms. The average Bonchev–Trinajstić information content (AvgIpc) is 2.68. The topological polar surface area (TPSA) is 51.8 Å². The van der Waals surface area contributed by atoms with Crippen molar-refractivity contribution in [2.45, 2.75) is 11.3 Å². The summed E-state index contributed by atoms with van der Waals surface area (Å²) in [5, 5.41) is 6.94. The summed E-state index contributed by atoms with van der Waals surface area (Å²) in [6.07, 6.45) is 0.998. The molecule has 0 amide bonds. The number of ether oxygens (including phenoxy) is 3. The Balaban J connectivity index is 1.70. The van der Waals surface area contributed by atoms with Crippen LogP contribution in [0.4, 0.5) is 5.69 Å². The van der Waals surface area contributed by atoms with Crippen molar-refractivity contribution in [3.8, 4) is 17.2 Å². The van der Waals surface area contributed by atoms with Gasteiger partial charge in [0.05, 0.1) is 27.0 Å². The summed E-state index contributed by atoms with van der Waals surface area (Å²) >= 11 is 7.16. The predicted octanol–water partition coefficient (Wildman–Crippen LogP) is 4.18. The fraction of sp³-hybridized carbons (Fsp3) is 0.316. The van der Waals surface area contributed by atoms with E-state index in [0.717, 1.165) is 35.9 Å². The lowest BCUT2D eigenvalue weighted by Crippen LogP contribution is -2.29. The molecule has 0 saturated heterocycles. The van der Waals surface area contributed by atoms with Crippen LogP contribution in [0.2, 0.25) is 0 Å². The SMILES string of the molecule is COc1ccc(SCCCNC(=S)Nc2ccc(OC)cc2OC)cc1. The highest BCUT2D eigenvalue weighted by Gasteiger charge is 2.06. The summed E-state index contributed by atoms with van der Waals surface area (Å²) in [6, 6.07) is 13.6. The van der Waals surface area contributed by atoms with E-state index in [2.05, 4.69) is 22.8 Å². The Labute approximate surface area is 164 Å². The summed E-state index contributed by atoms with van der Waals surface area (Å²) in [5.74, 6) is 3.31. The molecule has 0 aromatic heterocycles. The highest BCUT2D eigenvalue weighted by molar-refractivity contribution is 7.99. The fourth-order valence-electron chi connectivity index (χ4n) is 2.20. The Kier molecular flexibility index (Phi) is 8.37. The van der Waals surface area contributed by atoms with Gasteiger partial charge in [0.1, 0.15) is 17.2 Å². The summed E-state index contributed by atoms with van der Waals surface area (Å²) in [5.41, 5.74) is 0.804. The van der Waals surface area contributed by atoms with Crippen LogP contribution in [-0.2, 0) is 0 Å². The molecule has 2 aromatic carbocycles.